The summed E-state index contributed by atoms with van der Waals surface area (Å²) >= 11 is 6.07. The van der Waals surface area contributed by atoms with Crippen molar-refractivity contribution < 1.29 is 43.1 Å². The second-order valence-corrected chi connectivity index (χ2v) is 13.6. The summed E-state index contributed by atoms with van der Waals surface area (Å²) in [6.45, 7) is 1.70. The lowest BCUT2D eigenvalue weighted by Gasteiger charge is -2.47. The zero-order chi connectivity index (χ0) is 36.5. The van der Waals surface area contributed by atoms with Crippen molar-refractivity contribution in [2.45, 2.75) is 19.8 Å². The number of amides is 4. The highest BCUT2D eigenvalue weighted by Gasteiger charge is 2.67. The van der Waals surface area contributed by atoms with Crippen LogP contribution in [0, 0.1) is 50.9 Å². The molecule has 2 heterocycles. The van der Waals surface area contributed by atoms with Crippen LogP contribution in [-0.4, -0.2) is 47.9 Å². The van der Waals surface area contributed by atoms with Gasteiger partial charge >= 0.3 is 0 Å². The van der Waals surface area contributed by atoms with Crippen LogP contribution in [-0.2, 0) is 19.2 Å². The van der Waals surface area contributed by atoms with Gasteiger partial charge in [0.2, 0.25) is 29.4 Å². The molecule has 0 bridgehead atoms. The quantitative estimate of drug-likeness (QED) is 0.132. The molecule has 0 radical (unpaired) electrons. The standard InChI is InChI=1S/C37H31ClFN3O9/c1-37-25(12-4-18-14-29(50-2)32(43)30(15-18)51-3)22-10-11-23-31(35(46)40(33(23)44)19-5-7-20(8-6-19)42(48)49)24(22)17-26(37)34(45)41(36(37)47)21-9-13-28(39)27(38)16-21/h4-10,12-16,23-26,31,43H,11,17H2,1-3H3. The highest BCUT2D eigenvalue weighted by atomic mass is 35.5. The SMILES string of the molecule is COc1cc(C=CC2C3=CCC4C(=O)N(c5ccc([N+](=O)[O-])cc5)C(=O)C4C3CC3C(=O)N(c4ccc(F)c(Cl)c4)C(=O)C23C)cc(OC)c1O. The molecule has 6 atom stereocenters. The lowest BCUT2D eigenvalue weighted by atomic mass is 9.52. The molecule has 0 spiro atoms. The second-order valence-electron chi connectivity index (χ2n) is 13.2. The number of anilines is 2. The molecular formula is C37H31ClFN3O9. The minimum Gasteiger partial charge on any atom is -0.502 e. The van der Waals surface area contributed by atoms with Gasteiger partial charge < -0.3 is 14.6 Å². The molecule has 12 nitrogen and oxygen atoms in total. The number of non-ortho nitro benzene ring substituents is 1. The third-order valence-corrected chi connectivity index (χ3v) is 11.1. The van der Waals surface area contributed by atoms with Crippen LogP contribution in [0.2, 0.25) is 5.02 Å². The molecule has 0 aromatic heterocycles. The van der Waals surface area contributed by atoms with Crippen LogP contribution in [0.25, 0.3) is 6.08 Å². The number of fused-ring (bicyclic) bond motifs is 4. The van der Waals surface area contributed by atoms with Gasteiger partial charge in [-0.3, -0.25) is 34.2 Å². The molecular weight excluding hydrogens is 685 g/mol. The molecule has 2 aliphatic heterocycles. The average molecular weight is 716 g/mol. The Hall–Kier alpha value is -5.56. The van der Waals surface area contributed by atoms with Crippen molar-refractivity contribution in [2.75, 3.05) is 24.0 Å². The fourth-order valence-corrected chi connectivity index (χ4v) is 8.46. The molecule has 1 N–H and O–H groups in total. The Labute approximate surface area is 295 Å². The van der Waals surface area contributed by atoms with Crippen LogP contribution < -0.4 is 19.3 Å². The van der Waals surface area contributed by atoms with Gasteiger partial charge in [0.15, 0.2) is 11.5 Å². The number of nitro benzene ring substituents is 1. The number of aromatic hydroxyl groups is 1. The van der Waals surface area contributed by atoms with Crippen LogP contribution in [0.5, 0.6) is 17.2 Å². The molecule has 3 aromatic rings. The highest BCUT2D eigenvalue weighted by Crippen LogP contribution is 2.61. The minimum atomic E-state index is -1.36. The van der Waals surface area contributed by atoms with Crippen molar-refractivity contribution in [3.63, 3.8) is 0 Å². The first-order valence-electron chi connectivity index (χ1n) is 16.1. The first-order chi connectivity index (χ1) is 24.3. The lowest BCUT2D eigenvalue weighted by molar-refractivity contribution is -0.384. The first-order valence-corrected chi connectivity index (χ1v) is 16.5. The van der Waals surface area contributed by atoms with E-state index in [2.05, 4.69) is 0 Å². The van der Waals surface area contributed by atoms with Crippen molar-refractivity contribution in [3.05, 3.63) is 98.8 Å². The Bertz CT molecular complexity index is 2080. The number of hydrogen-bond donors (Lipinski definition) is 1. The number of phenolic OH excluding ortho intramolecular Hbond substituents is 1. The normalized spacial score (nSPS) is 27.0. The molecule has 1 saturated carbocycles. The molecule has 7 rings (SSSR count). The van der Waals surface area contributed by atoms with E-state index in [9.17, 15) is 38.8 Å². The summed E-state index contributed by atoms with van der Waals surface area (Å²) in [6.07, 6.45) is 5.64. The van der Waals surface area contributed by atoms with Gasteiger partial charge in [-0.1, -0.05) is 35.4 Å². The molecule has 4 aliphatic rings. The van der Waals surface area contributed by atoms with Crippen molar-refractivity contribution >= 4 is 58.4 Å². The van der Waals surface area contributed by atoms with E-state index in [0.29, 0.717) is 5.56 Å². The number of nitrogens with zero attached hydrogens (tertiary/aromatic N) is 3. The number of rotatable bonds is 7. The predicted octanol–water partition coefficient (Wildman–Crippen LogP) is 6.09. The minimum absolute atomic E-state index is 0.0812. The smallest absolute Gasteiger partial charge is 0.269 e. The highest BCUT2D eigenvalue weighted by molar-refractivity contribution is 6.31. The molecule has 4 amide bonds. The molecule has 3 aromatic carbocycles. The summed E-state index contributed by atoms with van der Waals surface area (Å²) in [7, 11) is 2.78. The maximum Gasteiger partial charge on any atom is 0.269 e. The largest absolute Gasteiger partial charge is 0.502 e. The van der Waals surface area contributed by atoms with Crippen LogP contribution in [0.4, 0.5) is 21.5 Å². The van der Waals surface area contributed by atoms with E-state index in [1.165, 1.54) is 50.6 Å². The Balaban J connectivity index is 1.33. The molecule has 3 fully saturated rings. The van der Waals surface area contributed by atoms with E-state index >= 15 is 0 Å². The summed E-state index contributed by atoms with van der Waals surface area (Å²) in [5.41, 5.74) is 0.0164. The van der Waals surface area contributed by atoms with E-state index in [1.807, 2.05) is 6.08 Å². The monoisotopic (exact) mass is 715 g/mol. The molecule has 2 aliphatic carbocycles. The summed E-state index contributed by atoms with van der Waals surface area (Å²) in [5, 5.41) is 21.4. The van der Waals surface area contributed by atoms with Gasteiger partial charge in [-0.15, -0.1) is 0 Å². The number of halogens is 2. The van der Waals surface area contributed by atoms with Crippen LogP contribution in [0.1, 0.15) is 25.3 Å². The Morgan fingerprint density at radius 1 is 0.941 bits per heavy atom. The molecule has 262 valence electrons. The third-order valence-electron chi connectivity index (χ3n) is 10.8. The van der Waals surface area contributed by atoms with E-state index < -0.39 is 69.4 Å². The number of methoxy groups -OCH3 is 2. The number of ether oxygens (including phenoxy) is 2. The Kier molecular flexibility index (Phi) is 8.21. The number of phenols is 1. The molecule has 51 heavy (non-hydrogen) atoms. The van der Waals surface area contributed by atoms with Crippen LogP contribution >= 0.6 is 11.6 Å². The van der Waals surface area contributed by atoms with Crippen molar-refractivity contribution in [1.82, 2.24) is 0 Å². The van der Waals surface area contributed by atoms with E-state index in [1.54, 1.807) is 31.2 Å². The zero-order valence-corrected chi connectivity index (χ0v) is 28.3. The van der Waals surface area contributed by atoms with Crippen LogP contribution in [0.3, 0.4) is 0 Å². The zero-order valence-electron chi connectivity index (χ0n) is 27.5. The van der Waals surface area contributed by atoms with Crippen molar-refractivity contribution in [1.29, 1.82) is 0 Å². The predicted molar refractivity (Wildman–Crippen MR) is 183 cm³/mol. The van der Waals surface area contributed by atoms with Gasteiger partial charge in [0.25, 0.3) is 5.69 Å². The summed E-state index contributed by atoms with van der Waals surface area (Å²) < 4.78 is 24.8. The third kappa shape index (κ3) is 5.09. The Morgan fingerprint density at radius 2 is 1.59 bits per heavy atom. The van der Waals surface area contributed by atoms with Crippen molar-refractivity contribution in [2.24, 2.45) is 35.0 Å². The lowest BCUT2D eigenvalue weighted by Crippen LogP contribution is -2.49. The number of carbonyl (C=O) groups is 4. The topological polar surface area (TPSA) is 157 Å². The van der Waals surface area contributed by atoms with E-state index in [4.69, 9.17) is 21.1 Å². The number of allylic oxidation sites excluding steroid dienone is 3. The van der Waals surface area contributed by atoms with Gasteiger partial charge in [0, 0.05) is 18.1 Å². The maximum atomic E-state index is 14.5. The number of nitro groups is 1. The number of benzene rings is 3. The fraction of sp³-hybridized carbons (Fsp3) is 0.297. The number of hydrogen-bond acceptors (Lipinski definition) is 9. The van der Waals surface area contributed by atoms with Gasteiger partial charge in [0.1, 0.15) is 5.82 Å². The number of imide groups is 2. The summed E-state index contributed by atoms with van der Waals surface area (Å²) in [5.74, 6) is -6.55. The fourth-order valence-electron chi connectivity index (χ4n) is 8.28. The van der Waals surface area contributed by atoms with E-state index in [0.717, 1.165) is 21.4 Å². The average Bonchev–Trinajstić information content (AvgIpc) is 3.48. The molecule has 14 heteroatoms. The van der Waals surface area contributed by atoms with Gasteiger partial charge in [-0.25, -0.2) is 9.29 Å². The van der Waals surface area contributed by atoms with Gasteiger partial charge in [-0.05, 0) is 73.7 Å². The maximum absolute atomic E-state index is 14.5. The molecule has 6 unspecified atom stereocenters. The molecule has 2 saturated heterocycles. The van der Waals surface area contributed by atoms with Crippen LogP contribution in [0.15, 0.2) is 72.3 Å². The summed E-state index contributed by atoms with van der Waals surface area (Å²) in [6, 6.07) is 11.9. The van der Waals surface area contributed by atoms with E-state index in [-0.39, 0.29) is 52.2 Å². The Morgan fingerprint density at radius 3 is 2.20 bits per heavy atom. The van der Waals surface area contributed by atoms with Crippen molar-refractivity contribution in [3.8, 4) is 17.2 Å². The van der Waals surface area contributed by atoms with Gasteiger partial charge in [-0.2, -0.15) is 0 Å². The number of carbonyl (C=O) groups excluding carboxylic acids is 4. The van der Waals surface area contributed by atoms with Gasteiger partial charge in [0.05, 0.1) is 58.7 Å². The first kappa shape index (κ1) is 33.9. The second kappa shape index (κ2) is 12.3. The summed E-state index contributed by atoms with van der Waals surface area (Å²) in [4.78, 5) is 69.6.